The first-order valence-corrected chi connectivity index (χ1v) is 9.59. The van der Waals surface area contributed by atoms with Gasteiger partial charge in [-0.1, -0.05) is 24.3 Å². The number of piperazine rings is 1. The van der Waals surface area contributed by atoms with Crippen molar-refractivity contribution in [1.29, 1.82) is 0 Å². The van der Waals surface area contributed by atoms with Gasteiger partial charge in [0.05, 0.1) is 11.3 Å². The lowest BCUT2D eigenvalue weighted by Gasteiger charge is -2.34. The zero-order valence-electron chi connectivity index (χ0n) is 13.9. The molecule has 0 radical (unpaired) electrons. The molecule has 1 aliphatic rings. The van der Waals surface area contributed by atoms with Crippen LogP contribution >= 0.6 is 0 Å². The van der Waals surface area contributed by atoms with Crippen LogP contribution in [0.2, 0.25) is 0 Å². The maximum Gasteiger partial charge on any atom is 0.243 e. The van der Waals surface area contributed by atoms with E-state index in [0.29, 0.717) is 5.56 Å². The van der Waals surface area contributed by atoms with Gasteiger partial charge >= 0.3 is 0 Å². The molecule has 1 aliphatic heterocycles. The van der Waals surface area contributed by atoms with Crippen molar-refractivity contribution < 1.29 is 22.0 Å². The van der Waals surface area contributed by atoms with Crippen molar-refractivity contribution in [2.24, 2.45) is 0 Å². The summed E-state index contributed by atoms with van der Waals surface area (Å²) in [5.74, 6) is -1.31. The van der Waals surface area contributed by atoms with E-state index in [1.165, 1.54) is 33.5 Å². The zero-order chi connectivity index (χ0) is 18.7. The van der Waals surface area contributed by atoms with Gasteiger partial charge in [0.1, 0.15) is 11.6 Å². The molecule has 0 aliphatic carbocycles. The molecule has 1 amide bonds. The van der Waals surface area contributed by atoms with E-state index in [2.05, 4.69) is 0 Å². The fourth-order valence-corrected chi connectivity index (χ4v) is 4.33. The van der Waals surface area contributed by atoms with Crippen molar-refractivity contribution >= 4 is 15.9 Å². The van der Waals surface area contributed by atoms with Crippen molar-refractivity contribution in [2.45, 2.75) is 11.3 Å². The Bertz CT molecular complexity index is 910. The fourth-order valence-electron chi connectivity index (χ4n) is 2.87. The Labute approximate surface area is 150 Å². The predicted molar refractivity (Wildman–Crippen MR) is 91.8 cm³/mol. The second-order valence-corrected chi connectivity index (χ2v) is 7.95. The van der Waals surface area contributed by atoms with Gasteiger partial charge in [-0.25, -0.2) is 17.2 Å². The van der Waals surface area contributed by atoms with Crippen LogP contribution in [-0.4, -0.2) is 49.7 Å². The van der Waals surface area contributed by atoms with Gasteiger partial charge in [0.25, 0.3) is 0 Å². The highest BCUT2D eigenvalue weighted by molar-refractivity contribution is 7.89. The van der Waals surface area contributed by atoms with Crippen LogP contribution in [0, 0.1) is 11.6 Å². The van der Waals surface area contributed by atoms with Gasteiger partial charge in [-0.2, -0.15) is 4.31 Å². The van der Waals surface area contributed by atoms with Gasteiger partial charge in [-0.05, 0) is 29.8 Å². The van der Waals surface area contributed by atoms with Gasteiger partial charge < -0.3 is 4.90 Å². The summed E-state index contributed by atoms with van der Waals surface area (Å²) >= 11 is 0. The molecule has 3 rings (SSSR count). The van der Waals surface area contributed by atoms with Crippen LogP contribution in [0.15, 0.2) is 53.4 Å². The first-order valence-electron chi connectivity index (χ1n) is 8.15. The van der Waals surface area contributed by atoms with Crippen LogP contribution in [0.1, 0.15) is 5.56 Å². The Morgan fingerprint density at radius 3 is 2.31 bits per heavy atom. The maximum atomic E-state index is 13.7. The van der Waals surface area contributed by atoms with E-state index in [-0.39, 0.29) is 43.4 Å². The number of hydrogen-bond donors (Lipinski definition) is 0. The Hall–Kier alpha value is -2.32. The van der Waals surface area contributed by atoms with Crippen molar-refractivity contribution in [2.75, 3.05) is 26.2 Å². The Morgan fingerprint density at radius 1 is 0.962 bits per heavy atom. The van der Waals surface area contributed by atoms with E-state index >= 15 is 0 Å². The average molecular weight is 380 g/mol. The average Bonchev–Trinajstić information content (AvgIpc) is 2.63. The van der Waals surface area contributed by atoms with Crippen molar-refractivity contribution in [3.63, 3.8) is 0 Å². The standard InChI is InChI=1S/C18H18F2N2O3S/c19-15-5-3-6-16(13-15)26(24,25)22-10-8-21(9-11-22)18(23)12-14-4-1-2-7-17(14)20/h1-7,13H,8-12H2. The lowest BCUT2D eigenvalue weighted by Crippen LogP contribution is -2.50. The number of sulfonamides is 1. The summed E-state index contributed by atoms with van der Waals surface area (Å²) in [6, 6.07) is 10.9. The van der Waals surface area contributed by atoms with Crippen LogP contribution in [0.25, 0.3) is 0 Å². The van der Waals surface area contributed by atoms with Gasteiger partial charge in [0.2, 0.25) is 15.9 Å². The Kier molecular flexibility index (Phi) is 5.33. The first kappa shape index (κ1) is 18.5. The topological polar surface area (TPSA) is 57.7 Å². The van der Waals surface area contributed by atoms with Crippen LogP contribution < -0.4 is 0 Å². The number of amides is 1. The number of benzene rings is 2. The number of halogens is 2. The van der Waals surface area contributed by atoms with Crippen LogP contribution in [0.3, 0.4) is 0 Å². The van der Waals surface area contributed by atoms with Crippen LogP contribution in [0.5, 0.6) is 0 Å². The molecule has 26 heavy (non-hydrogen) atoms. The Balaban J connectivity index is 1.64. The van der Waals surface area contributed by atoms with Crippen LogP contribution in [0.4, 0.5) is 8.78 Å². The number of rotatable bonds is 4. The lowest BCUT2D eigenvalue weighted by molar-refractivity contribution is -0.131. The third-order valence-electron chi connectivity index (χ3n) is 4.32. The van der Waals surface area contributed by atoms with Gasteiger partial charge in [-0.15, -0.1) is 0 Å². The largest absolute Gasteiger partial charge is 0.340 e. The maximum absolute atomic E-state index is 13.7. The molecule has 1 saturated heterocycles. The van der Waals surface area contributed by atoms with Gasteiger partial charge in [0.15, 0.2) is 0 Å². The summed E-state index contributed by atoms with van der Waals surface area (Å²) in [7, 11) is -3.80. The molecule has 2 aromatic rings. The molecule has 0 unspecified atom stereocenters. The number of nitrogens with zero attached hydrogens (tertiary/aromatic N) is 2. The summed E-state index contributed by atoms with van der Waals surface area (Å²) in [6.45, 7) is 0.646. The van der Waals surface area contributed by atoms with E-state index in [1.54, 1.807) is 18.2 Å². The van der Waals surface area contributed by atoms with Crippen molar-refractivity contribution in [1.82, 2.24) is 9.21 Å². The molecular weight excluding hydrogens is 362 g/mol. The molecule has 138 valence electrons. The van der Waals surface area contributed by atoms with Crippen molar-refractivity contribution in [3.05, 3.63) is 65.7 Å². The molecule has 8 heteroatoms. The SMILES string of the molecule is O=C(Cc1ccccc1F)N1CCN(S(=O)(=O)c2cccc(F)c2)CC1. The molecular formula is C18H18F2N2O3S. The molecule has 0 N–H and O–H groups in total. The minimum atomic E-state index is -3.80. The number of carbonyl (C=O) groups excluding carboxylic acids is 1. The first-order chi connectivity index (χ1) is 12.4. The molecule has 1 heterocycles. The number of hydrogen-bond acceptors (Lipinski definition) is 3. The quantitative estimate of drug-likeness (QED) is 0.816. The molecule has 0 bridgehead atoms. The normalized spacial score (nSPS) is 15.8. The minimum Gasteiger partial charge on any atom is -0.340 e. The molecule has 2 aromatic carbocycles. The summed E-state index contributed by atoms with van der Waals surface area (Å²) in [4.78, 5) is 13.7. The highest BCUT2D eigenvalue weighted by atomic mass is 32.2. The highest BCUT2D eigenvalue weighted by Crippen LogP contribution is 2.19. The zero-order valence-corrected chi connectivity index (χ0v) is 14.8. The minimum absolute atomic E-state index is 0.0662. The summed E-state index contributed by atoms with van der Waals surface area (Å²) in [6.07, 6.45) is -0.0662. The third-order valence-corrected chi connectivity index (χ3v) is 6.22. The van der Waals surface area contributed by atoms with E-state index in [0.717, 1.165) is 6.07 Å². The predicted octanol–water partition coefficient (Wildman–Crippen LogP) is 2.04. The molecule has 0 atom stereocenters. The van der Waals surface area contributed by atoms with Crippen LogP contribution in [-0.2, 0) is 21.2 Å². The summed E-state index contributed by atoms with van der Waals surface area (Å²) in [5, 5.41) is 0. The monoisotopic (exact) mass is 380 g/mol. The highest BCUT2D eigenvalue weighted by Gasteiger charge is 2.30. The van der Waals surface area contributed by atoms with Gasteiger partial charge in [-0.3, -0.25) is 4.79 Å². The summed E-state index contributed by atoms with van der Waals surface area (Å²) < 4.78 is 53.3. The smallest absolute Gasteiger partial charge is 0.243 e. The molecule has 5 nitrogen and oxygen atoms in total. The van der Waals surface area contributed by atoms with E-state index in [9.17, 15) is 22.0 Å². The fraction of sp³-hybridized carbons (Fsp3) is 0.278. The van der Waals surface area contributed by atoms with Gasteiger partial charge in [0, 0.05) is 26.2 Å². The third kappa shape index (κ3) is 3.91. The molecule has 0 aromatic heterocycles. The van der Waals surface area contributed by atoms with Crippen molar-refractivity contribution in [3.8, 4) is 0 Å². The molecule has 0 saturated carbocycles. The van der Waals surface area contributed by atoms with E-state index < -0.39 is 21.7 Å². The van der Waals surface area contributed by atoms with E-state index in [1.807, 2.05) is 0 Å². The molecule has 0 spiro atoms. The lowest BCUT2D eigenvalue weighted by atomic mass is 10.1. The second-order valence-electron chi connectivity index (χ2n) is 6.01. The second kappa shape index (κ2) is 7.51. The Morgan fingerprint density at radius 2 is 1.65 bits per heavy atom. The summed E-state index contributed by atoms with van der Waals surface area (Å²) in [5.41, 5.74) is 0.312. The van der Waals surface area contributed by atoms with E-state index in [4.69, 9.17) is 0 Å². The molecule has 1 fully saturated rings. The number of carbonyl (C=O) groups is 1.